The van der Waals surface area contributed by atoms with Gasteiger partial charge in [-0.25, -0.2) is 9.97 Å². The lowest BCUT2D eigenvalue weighted by molar-refractivity contribution is 0.341. The van der Waals surface area contributed by atoms with Gasteiger partial charge in [-0.15, -0.1) is 0 Å². The Balaban J connectivity index is 1.58. The van der Waals surface area contributed by atoms with Crippen molar-refractivity contribution in [1.82, 2.24) is 19.7 Å². The predicted octanol–water partition coefficient (Wildman–Crippen LogP) is 4.07. The summed E-state index contributed by atoms with van der Waals surface area (Å²) in [7, 11) is 0. The molecule has 1 fully saturated rings. The van der Waals surface area contributed by atoms with Crippen molar-refractivity contribution in [3.05, 3.63) is 54.6 Å². The molecular formula is C24H27N5O. The molecule has 2 aromatic carbocycles. The molecule has 0 radical (unpaired) electrons. The molecule has 0 aliphatic carbocycles. The number of aromatic nitrogens is 3. The van der Waals surface area contributed by atoms with E-state index in [1.54, 1.807) is 6.20 Å². The van der Waals surface area contributed by atoms with Gasteiger partial charge in [-0.3, -0.25) is 4.40 Å². The Morgan fingerprint density at radius 3 is 2.77 bits per heavy atom. The molecule has 2 aromatic heterocycles. The molecule has 0 saturated carbocycles. The molecule has 1 aliphatic rings. The monoisotopic (exact) mass is 401 g/mol. The van der Waals surface area contributed by atoms with Gasteiger partial charge >= 0.3 is 0 Å². The van der Waals surface area contributed by atoms with Crippen LogP contribution in [0.3, 0.4) is 0 Å². The second-order valence-corrected chi connectivity index (χ2v) is 7.96. The number of nitrogen functional groups attached to an aromatic ring is 1. The summed E-state index contributed by atoms with van der Waals surface area (Å²) >= 11 is 0. The second-order valence-electron chi connectivity index (χ2n) is 7.96. The van der Waals surface area contributed by atoms with Gasteiger partial charge in [0.05, 0.1) is 6.61 Å². The van der Waals surface area contributed by atoms with E-state index in [1.807, 2.05) is 19.2 Å². The van der Waals surface area contributed by atoms with E-state index in [0.29, 0.717) is 18.3 Å². The molecule has 154 valence electrons. The van der Waals surface area contributed by atoms with Crippen molar-refractivity contribution in [1.29, 1.82) is 0 Å². The minimum atomic E-state index is 0.517. The third kappa shape index (κ3) is 3.48. The van der Waals surface area contributed by atoms with Crippen LogP contribution in [0, 0.1) is 5.92 Å². The van der Waals surface area contributed by atoms with Crippen LogP contribution in [0.5, 0.6) is 5.75 Å². The first-order valence-electron chi connectivity index (χ1n) is 10.7. The Morgan fingerprint density at radius 1 is 1.13 bits per heavy atom. The van der Waals surface area contributed by atoms with Crippen molar-refractivity contribution in [2.24, 2.45) is 5.92 Å². The Labute approximate surface area is 176 Å². The third-order valence-corrected chi connectivity index (χ3v) is 5.98. The lowest BCUT2D eigenvalue weighted by Gasteiger charge is -2.21. The van der Waals surface area contributed by atoms with Gasteiger partial charge in [-0.1, -0.05) is 18.2 Å². The highest BCUT2D eigenvalue weighted by molar-refractivity contribution is 5.92. The van der Waals surface area contributed by atoms with Gasteiger partial charge in [-0.05, 0) is 67.7 Å². The van der Waals surface area contributed by atoms with Crippen molar-refractivity contribution in [2.75, 3.05) is 25.4 Å². The van der Waals surface area contributed by atoms with Crippen molar-refractivity contribution in [2.45, 2.75) is 26.2 Å². The number of benzene rings is 2. The Hall–Kier alpha value is -3.12. The molecule has 3 heterocycles. The van der Waals surface area contributed by atoms with E-state index in [9.17, 15) is 0 Å². The number of rotatable bonds is 5. The topological polar surface area (TPSA) is 77.5 Å². The maximum atomic E-state index is 6.31. The van der Waals surface area contributed by atoms with E-state index >= 15 is 0 Å². The Kier molecular flexibility index (Phi) is 5.01. The minimum absolute atomic E-state index is 0.517. The van der Waals surface area contributed by atoms with Crippen LogP contribution in [-0.4, -0.2) is 34.1 Å². The normalized spacial score (nSPS) is 15.1. The molecule has 0 bridgehead atoms. The van der Waals surface area contributed by atoms with Crippen LogP contribution in [0.25, 0.3) is 27.5 Å². The zero-order valence-corrected chi connectivity index (χ0v) is 17.3. The number of nitrogens with zero attached hydrogens (tertiary/aromatic N) is 3. The Morgan fingerprint density at radius 2 is 1.93 bits per heavy atom. The molecular weight excluding hydrogens is 374 g/mol. The highest BCUT2D eigenvalue weighted by atomic mass is 16.5. The summed E-state index contributed by atoms with van der Waals surface area (Å²) in [4.78, 5) is 9.40. The lowest BCUT2D eigenvalue weighted by atomic mass is 9.94. The van der Waals surface area contributed by atoms with Gasteiger partial charge < -0.3 is 15.8 Å². The van der Waals surface area contributed by atoms with Gasteiger partial charge in [0.1, 0.15) is 28.6 Å². The largest absolute Gasteiger partial charge is 0.494 e. The molecule has 3 N–H and O–H groups in total. The highest BCUT2D eigenvalue weighted by Gasteiger charge is 2.20. The number of nitrogens with two attached hydrogens (primary N) is 1. The van der Waals surface area contributed by atoms with E-state index in [-0.39, 0.29) is 0 Å². The number of ether oxygens (including phenoxy) is 1. The van der Waals surface area contributed by atoms with Crippen molar-refractivity contribution >= 4 is 22.1 Å². The van der Waals surface area contributed by atoms with Gasteiger partial charge in [-0.2, -0.15) is 0 Å². The molecule has 0 amide bonds. The summed E-state index contributed by atoms with van der Waals surface area (Å²) in [6.07, 6.45) is 7.06. The molecule has 4 aromatic rings. The number of hydrogen-bond acceptors (Lipinski definition) is 5. The molecule has 6 nitrogen and oxygen atoms in total. The van der Waals surface area contributed by atoms with Gasteiger partial charge in [0.25, 0.3) is 0 Å². The number of imidazole rings is 1. The van der Waals surface area contributed by atoms with E-state index in [4.69, 9.17) is 15.5 Å². The van der Waals surface area contributed by atoms with Crippen LogP contribution >= 0.6 is 0 Å². The number of piperidine rings is 1. The third-order valence-electron chi connectivity index (χ3n) is 5.98. The molecule has 0 atom stereocenters. The Bertz CT molecular complexity index is 1190. The fourth-order valence-corrected chi connectivity index (χ4v) is 4.44. The smallest absolute Gasteiger partial charge is 0.150 e. The van der Waals surface area contributed by atoms with Crippen LogP contribution in [0.2, 0.25) is 0 Å². The zero-order chi connectivity index (χ0) is 20.5. The number of anilines is 1. The highest BCUT2D eigenvalue weighted by Crippen LogP contribution is 2.32. The standard InChI is InChI=1S/C24H27N5O/c1-2-30-20-6-5-17-14-19(4-3-18(17)15-20)22-23-24(25)27-11-12-29(23)21(28-22)13-16-7-9-26-10-8-16/h3-6,11-12,14-16,26H,2,7-10,13H2,1H3,(H2,25,27). The van der Waals surface area contributed by atoms with Crippen molar-refractivity contribution in [3.8, 4) is 17.0 Å². The number of nitrogens with one attached hydrogen (secondary N) is 1. The quantitative estimate of drug-likeness (QED) is 0.527. The van der Waals surface area contributed by atoms with Gasteiger partial charge in [0.2, 0.25) is 0 Å². The molecule has 5 rings (SSSR count). The van der Waals surface area contributed by atoms with E-state index in [0.717, 1.165) is 58.6 Å². The fourth-order valence-electron chi connectivity index (χ4n) is 4.44. The summed E-state index contributed by atoms with van der Waals surface area (Å²) < 4.78 is 7.76. The molecule has 6 heteroatoms. The van der Waals surface area contributed by atoms with Gasteiger partial charge in [0.15, 0.2) is 0 Å². The lowest BCUT2D eigenvalue weighted by Crippen LogP contribution is -2.29. The molecule has 1 saturated heterocycles. The molecule has 0 unspecified atom stereocenters. The summed E-state index contributed by atoms with van der Waals surface area (Å²) in [5.74, 6) is 3.12. The first-order chi connectivity index (χ1) is 14.7. The molecule has 0 spiro atoms. The maximum Gasteiger partial charge on any atom is 0.150 e. The number of hydrogen-bond donors (Lipinski definition) is 2. The number of fused-ring (bicyclic) bond motifs is 2. The molecule has 1 aliphatic heterocycles. The van der Waals surface area contributed by atoms with Crippen LogP contribution in [0.1, 0.15) is 25.6 Å². The van der Waals surface area contributed by atoms with E-state index in [1.165, 1.54) is 12.8 Å². The average Bonchev–Trinajstić information content (AvgIpc) is 3.14. The average molecular weight is 402 g/mol. The first-order valence-corrected chi connectivity index (χ1v) is 10.7. The molecule has 30 heavy (non-hydrogen) atoms. The maximum absolute atomic E-state index is 6.31. The van der Waals surface area contributed by atoms with Crippen molar-refractivity contribution < 1.29 is 4.74 Å². The summed E-state index contributed by atoms with van der Waals surface area (Å²) in [5, 5.41) is 5.74. The fraction of sp³-hybridized carbons (Fsp3) is 0.333. The van der Waals surface area contributed by atoms with Crippen LogP contribution in [0.15, 0.2) is 48.8 Å². The minimum Gasteiger partial charge on any atom is -0.494 e. The van der Waals surface area contributed by atoms with Crippen LogP contribution in [0.4, 0.5) is 5.82 Å². The van der Waals surface area contributed by atoms with Gasteiger partial charge in [0, 0.05) is 24.4 Å². The second kappa shape index (κ2) is 7.95. The summed E-state index contributed by atoms with van der Waals surface area (Å²) in [6.45, 7) is 4.82. The van der Waals surface area contributed by atoms with Crippen molar-refractivity contribution in [3.63, 3.8) is 0 Å². The predicted molar refractivity (Wildman–Crippen MR) is 121 cm³/mol. The van der Waals surface area contributed by atoms with E-state index in [2.05, 4.69) is 45.0 Å². The first kappa shape index (κ1) is 18.9. The van der Waals surface area contributed by atoms with Crippen LogP contribution in [-0.2, 0) is 6.42 Å². The summed E-state index contributed by atoms with van der Waals surface area (Å²) in [5.41, 5.74) is 9.16. The zero-order valence-electron chi connectivity index (χ0n) is 17.3. The summed E-state index contributed by atoms with van der Waals surface area (Å²) in [6, 6.07) is 12.6. The SMILES string of the molecule is CCOc1ccc2cc(-c3nc(CC4CCNCC4)n4ccnc(N)c34)ccc2c1. The van der Waals surface area contributed by atoms with Crippen LogP contribution < -0.4 is 15.8 Å². The van der Waals surface area contributed by atoms with E-state index < -0.39 is 0 Å².